The Kier molecular flexibility index (Phi) is 7.22. The van der Waals surface area contributed by atoms with Crippen LogP contribution in [-0.4, -0.2) is 22.9 Å². The molecule has 1 atom stereocenters. The summed E-state index contributed by atoms with van der Waals surface area (Å²) >= 11 is 3.45. The van der Waals surface area contributed by atoms with E-state index >= 15 is 0 Å². The van der Waals surface area contributed by atoms with Gasteiger partial charge in [-0.3, -0.25) is 0 Å². The molecule has 0 bridgehead atoms. The van der Waals surface area contributed by atoms with E-state index in [2.05, 4.69) is 41.9 Å². The van der Waals surface area contributed by atoms with Crippen molar-refractivity contribution in [3.63, 3.8) is 0 Å². The zero-order chi connectivity index (χ0) is 21.1. The van der Waals surface area contributed by atoms with Gasteiger partial charge in [-0.25, -0.2) is 0 Å². The Hall–Kier alpha value is -1.52. The van der Waals surface area contributed by atoms with Crippen LogP contribution in [0.2, 0.25) is 0 Å². The van der Waals surface area contributed by atoms with Crippen LogP contribution < -0.4 is 4.74 Å². The van der Waals surface area contributed by atoms with Crippen LogP contribution >= 0.6 is 15.9 Å². The van der Waals surface area contributed by atoms with Crippen molar-refractivity contribution in [2.75, 3.05) is 6.61 Å². The minimum Gasteiger partial charge on any atom is -0.507 e. The van der Waals surface area contributed by atoms with E-state index in [0.29, 0.717) is 4.47 Å². The normalized spacial score (nSPS) is 13.4. The van der Waals surface area contributed by atoms with E-state index in [4.69, 9.17) is 4.74 Å². The first-order valence-electron chi connectivity index (χ1n) is 9.96. The Morgan fingerprint density at radius 2 is 1.57 bits per heavy atom. The number of aryl methyl sites for hydroxylation is 1. The lowest BCUT2D eigenvalue weighted by molar-refractivity contribution is 0.0216. The number of aliphatic hydroxyl groups is 1. The lowest BCUT2D eigenvalue weighted by Gasteiger charge is -2.34. The maximum absolute atomic E-state index is 10.2. The Bertz CT molecular complexity index is 804. The number of halogens is 1. The fraction of sp³-hybridized carbons (Fsp3) is 0.500. The lowest BCUT2D eigenvalue weighted by atomic mass is 9.70. The van der Waals surface area contributed by atoms with Crippen LogP contribution in [0.25, 0.3) is 0 Å². The molecule has 0 aliphatic rings. The van der Waals surface area contributed by atoms with Gasteiger partial charge in [0.1, 0.15) is 18.1 Å². The smallest absolute Gasteiger partial charge is 0.129 e. The highest BCUT2D eigenvalue weighted by Gasteiger charge is 2.31. The maximum atomic E-state index is 10.2. The third kappa shape index (κ3) is 4.72. The van der Waals surface area contributed by atoms with Crippen LogP contribution in [0, 0.1) is 12.3 Å². The average Bonchev–Trinajstić information content (AvgIpc) is 2.64. The topological polar surface area (TPSA) is 49.7 Å². The van der Waals surface area contributed by atoms with Crippen LogP contribution in [-0.2, 0) is 5.41 Å². The quantitative estimate of drug-likeness (QED) is 0.518. The molecule has 2 N–H and O–H groups in total. The predicted molar refractivity (Wildman–Crippen MR) is 119 cm³/mol. The fourth-order valence-electron chi connectivity index (χ4n) is 3.57. The van der Waals surface area contributed by atoms with Gasteiger partial charge in [-0.05, 0) is 76.0 Å². The number of hydrogen-bond acceptors (Lipinski definition) is 3. The molecule has 154 valence electrons. The molecule has 0 heterocycles. The molecule has 0 aliphatic carbocycles. The van der Waals surface area contributed by atoms with Gasteiger partial charge in [0, 0.05) is 5.41 Å². The highest BCUT2D eigenvalue weighted by Crippen LogP contribution is 2.42. The van der Waals surface area contributed by atoms with Crippen molar-refractivity contribution in [1.29, 1.82) is 0 Å². The van der Waals surface area contributed by atoms with Crippen LogP contribution in [0.5, 0.6) is 11.5 Å². The van der Waals surface area contributed by atoms with Gasteiger partial charge in [0.25, 0.3) is 0 Å². The molecule has 4 heteroatoms. The van der Waals surface area contributed by atoms with Gasteiger partial charge >= 0.3 is 0 Å². The molecular formula is C24H33BrO3. The number of hydrogen-bond donors (Lipinski definition) is 2. The summed E-state index contributed by atoms with van der Waals surface area (Å²) in [6.07, 6.45) is 1.37. The van der Waals surface area contributed by atoms with Crippen molar-refractivity contribution in [2.45, 2.75) is 65.9 Å². The summed E-state index contributed by atoms with van der Waals surface area (Å²) in [5, 5.41) is 20.1. The van der Waals surface area contributed by atoms with Crippen molar-refractivity contribution in [1.82, 2.24) is 0 Å². The summed E-state index contributed by atoms with van der Waals surface area (Å²) in [4.78, 5) is 0. The first-order valence-corrected chi connectivity index (χ1v) is 10.8. The molecular weight excluding hydrogens is 416 g/mol. The Morgan fingerprint density at radius 3 is 2.07 bits per heavy atom. The lowest BCUT2D eigenvalue weighted by Crippen LogP contribution is -2.32. The largest absolute Gasteiger partial charge is 0.507 e. The summed E-state index contributed by atoms with van der Waals surface area (Å²) in [5.74, 6) is 1.06. The monoisotopic (exact) mass is 448 g/mol. The second kappa shape index (κ2) is 8.87. The average molecular weight is 449 g/mol. The number of rotatable bonds is 7. The summed E-state index contributed by atoms with van der Waals surface area (Å²) in [5.41, 5.74) is 3.13. The molecule has 0 aromatic heterocycles. The number of aromatic hydroxyl groups is 1. The minimum absolute atomic E-state index is 0.134. The summed E-state index contributed by atoms with van der Waals surface area (Å²) < 4.78 is 6.62. The van der Waals surface area contributed by atoms with Gasteiger partial charge in [-0.2, -0.15) is 0 Å². The maximum Gasteiger partial charge on any atom is 0.129 e. The highest BCUT2D eigenvalue weighted by atomic mass is 79.9. The van der Waals surface area contributed by atoms with Crippen molar-refractivity contribution >= 4 is 15.9 Å². The van der Waals surface area contributed by atoms with E-state index in [9.17, 15) is 10.2 Å². The van der Waals surface area contributed by atoms with E-state index in [1.165, 1.54) is 11.1 Å². The number of ether oxygens (including phenoxy) is 1. The van der Waals surface area contributed by atoms with Gasteiger partial charge in [0.15, 0.2) is 0 Å². The number of benzene rings is 2. The molecule has 0 aliphatic heterocycles. The van der Waals surface area contributed by atoms with E-state index in [-0.39, 0.29) is 23.2 Å². The number of phenolic OH excluding ortho intramolecular Hbond substituents is 1. The highest BCUT2D eigenvalue weighted by molar-refractivity contribution is 9.10. The molecule has 2 aromatic carbocycles. The van der Waals surface area contributed by atoms with Crippen LogP contribution in [0.3, 0.4) is 0 Å². The van der Waals surface area contributed by atoms with E-state index < -0.39 is 6.10 Å². The van der Waals surface area contributed by atoms with Crippen LogP contribution in [0.15, 0.2) is 40.9 Å². The SMILES string of the molecule is CCC(CC)(c1ccc(OCC(O)C(C)(C)C)c(C)c1)c1ccc(O)c(Br)c1. The summed E-state index contributed by atoms with van der Waals surface area (Å²) in [7, 11) is 0. The molecule has 0 saturated heterocycles. The van der Waals surface area contributed by atoms with E-state index in [1.54, 1.807) is 6.07 Å². The van der Waals surface area contributed by atoms with Gasteiger partial charge in [0.2, 0.25) is 0 Å². The summed E-state index contributed by atoms with van der Waals surface area (Å²) in [6, 6.07) is 12.1. The third-order valence-electron chi connectivity index (χ3n) is 5.83. The van der Waals surface area contributed by atoms with E-state index in [1.807, 2.05) is 45.9 Å². The van der Waals surface area contributed by atoms with Crippen molar-refractivity contribution in [3.05, 3.63) is 57.6 Å². The minimum atomic E-state index is -0.522. The zero-order valence-electron chi connectivity index (χ0n) is 17.8. The first-order chi connectivity index (χ1) is 13.0. The number of aliphatic hydroxyl groups excluding tert-OH is 1. The first kappa shape index (κ1) is 22.8. The van der Waals surface area contributed by atoms with Gasteiger partial charge in [-0.15, -0.1) is 0 Å². The molecule has 2 rings (SSSR count). The molecule has 28 heavy (non-hydrogen) atoms. The van der Waals surface area contributed by atoms with Gasteiger partial charge in [0.05, 0.1) is 10.6 Å². The molecule has 1 unspecified atom stereocenters. The van der Waals surface area contributed by atoms with Crippen molar-refractivity contribution in [3.8, 4) is 11.5 Å². The van der Waals surface area contributed by atoms with Crippen molar-refractivity contribution < 1.29 is 14.9 Å². The molecule has 0 saturated carbocycles. The molecule has 0 fully saturated rings. The zero-order valence-corrected chi connectivity index (χ0v) is 19.4. The van der Waals surface area contributed by atoms with Crippen LogP contribution in [0.1, 0.15) is 64.2 Å². The Morgan fingerprint density at radius 1 is 1.00 bits per heavy atom. The Labute approximate surface area is 177 Å². The molecule has 0 spiro atoms. The standard InChI is InChI=1S/C24H33BrO3/c1-7-24(8-2,18-9-11-20(26)19(25)14-18)17-10-12-21(16(3)13-17)28-15-22(27)23(4,5)6/h9-14,22,26-27H,7-8,15H2,1-6H3. The van der Waals surface area contributed by atoms with Crippen molar-refractivity contribution in [2.24, 2.45) is 5.41 Å². The third-order valence-corrected chi connectivity index (χ3v) is 6.47. The Balaban J connectivity index is 2.36. The summed E-state index contributed by atoms with van der Waals surface area (Å²) in [6.45, 7) is 12.7. The second-order valence-electron chi connectivity index (χ2n) is 8.63. The fourth-order valence-corrected chi connectivity index (χ4v) is 3.94. The predicted octanol–water partition coefficient (Wildman–Crippen LogP) is 6.36. The van der Waals surface area contributed by atoms with Gasteiger partial charge < -0.3 is 14.9 Å². The molecule has 3 nitrogen and oxygen atoms in total. The van der Waals surface area contributed by atoms with Gasteiger partial charge in [-0.1, -0.05) is 52.8 Å². The number of phenols is 1. The molecule has 0 amide bonds. The molecule has 2 aromatic rings. The molecule has 0 radical (unpaired) electrons. The van der Waals surface area contributed by atoms with Crippen LogP contribution in [0.4, 0.5) is 0 Å². The van der Waals surface area contributed by atoms with E-state index in [0.717, 1.165) is 24.2 Å². The second-order valence-corrected chi connectivity index (χ2v) is 9.48.